The van der Waals surface area contributed by atoms with Crippen LogP contribution in [-0.4, -0.2) is 44.3 Å². The first-order chi connectivity index (χ1) is 14.3. The zero-order valence-corrected chi connectivity index (χ0v) is 16.7. The maximum Gasteiger partial charge on any atom is 0.341 e. The Bertz CT molecular complexity index is 1140. The van der Waals surface area contributed by atoms with Gasteiger partial charge in [0.1, 0.15) is 5.56 Å². The van der Waals surface area contributed by atoms with Gasteiger partial charge in [0.2, 0.25) is 0 Å². The number of carbonyl (C=O) groups is 3. The van der Waals surface area contributed by atoms with Gasteiger partial charge in [-0.05, 0) is 45.0 Å². The van der Waals surface area contributed by atoms with Crippen molar-refractivity contribution in [1.82, 2.24) is 14.8 Å². The van der Waals surface area contributed by atoms with Gasteiger partial charge in [0.25, 0.3) is 5.91 Å². The van der Waals surface area contributed by atoms with E-state index in [1.165, 1.54) is 23.0 Å². The topological polar surface area (TPSA) is 123 Å². The van der Waals surface area contributed by atoms with Gasteiger partial charge >= 0.3 is 11.9 Å². The van der Waals surface area contributed by atoms with Crippen molar-refractivity contribution in [3.8, 4) is 5.82 Å². The van der Waals surface area contributed by atoms with Crippen LogP contribution in [0.1, 0.15) is 49.4 Å². The maximum atomic E-state index is 12.8. The molecule has 9 nitrogen and oxygen atoms in total. The molecule has 0 radical (unpaired) electrons. The van der Waals surface area contributed by atoms with E-state index in [0.29, 0.717) is 22.6 Å². The lowest BCUT2D eigenvalue weighted by Gasteiger charge is -2.12. The van der Waals surface area contributed by atoms with Crippen molar-refractivity contribution in [1.29, 1.82) is 0 Å². The fourth-order valence-electron chi connectivity index (χ4n) is 3.07. The second-order valence-electron chi connectivity index (χ2n) is 6.36. The van der Waals surface area contributed by atoms with Crippen LogP contribution in [0, 0.1) is 13.8 Å². The number of pyridine rings is 1. The number of hydrogen-bond acceptors (Lipinski definition) is 6. The molecule has 0 spiro atoms. The second kappa shape index (κ2) is 8.56. The van der Waals surface area contributed by atoms with E-state index in [1.807, 2.05) is 0 Å². The Morgan fingerprint density at radius 1 is 1.10 bits per heavy atom. The maximum absolute atomic E-state index is 12.8. The van der Waals surface area contributed by atoms with Crippen molar-refractivity contribution in [2.24, 2.45) is 0 Å². The minimum atomic E-state index is -1.20. The summed E-state index contributed by atoms with van der Waals surface area (Å²) >= 11 is 0. The standard InChI is InChI=1S/C21H20N4O5/c1-4-30-21(29)17-12(2)24-25(13(17)3)18-16(10-7-11-22-18)23-19(26)14-8-5-6-9-15(14)20(27)28/h5-11H,4H2,1-3H3,(H,23,26)(H,27,28). The van der Waals surface area contributed by atoms with Crippen molar-refractivity contribution in [3.63, 3.8) is 0 Å². The van der Waals surface area contributed by atoms with Crippen molar-refractivity contribution in [2.75, 3.05) is 11.9 Å². The van der Waals surface area contributed by atoms with Crippen LogP contribution in [-0.2, 0) is 4.74 Å². The molecule has 30 heavy (non-hydrogen) atoms. The molecule has 0 aliphatic carbocycles. The number of hydrogen-bond donors (Lipinski definition) is 2. The van der Waals surface area contributed by atoms with Gasteiger partial charge in [-0.15, -0.1) is 0 Å². The van der Waals surface area contributed by atoms with Crippen molar-refractivity contribution in [3.05, 3.63) is 70.7 Å². The minimum Gasteiger partial charge on any atom is -0.478 e. The second-order valence-corrected chi connectivity index (χ2v) is 6.36. The number of esters is 1. The van der Waals surface area contributed by atoms with Crippen LogP contribution < -0.4 is 5.32 Å². The molecule has 0 atom stereocenters. The van der Waals surface area contributed by atoms with E-state index >= 15 is 0 Å². The third-order valence-electron chi connectivity index (χ3n) is 4.41. The smallest absolute Gasteiger partial charge is 0.341 e. The summed E-state index contributed by atoms with van der Waals surface area (Å²) in [4.78, 5) is 40.7. The number of rotatable bonds is 6. The molecule has 0 unspecified atom stereocenters. The number of benzene rings is 1. The number of amides is 1. The van der Waals surface area contributed by atoms with Crippen LogP contribution >= 0.6 is 0 Å². The average molecular weight is 408 g/mol. The summed E-state index contributed by atoms with van der Waals surface area (Å²) in [6.45, 7) is 5.33. The van der Waals surface area contributed by atoms with E-state index in [-0.39, 0.29) is 23.6 Å². The van der Waals surface area contributed by atoms with Crippen LogP contribution in [0.4, 0.5) is 5.69 Å². The minimum absolute atomic E-state index is 0.0142. The molecule has 9 heteroatoms. The van der Waals surface area contributed by atoms with Gasteiger partial charge in [-0.3, -0.25) is 4.79 Å². The molecule has 0 saturated carbocycles. The number of carboxylic acid groups (broad SMARTS) is 1. The van der Waals surface area contributed by atoms with E-state index in [0.717, 1.165) is 0 Å². The number of aromatic carboxylic acids is 1. The average Bonchev–Trinajstić information content (AvgIpc) is 3.02. The first-order valence-electron chi connectivity index (χ1n) is 9.17. The molecular formula is C21H20N4O5. The molecule has 2 aromatic heterocycles. The molecule has 3 rings (SSSR count). The zero-order valence-electron chi connectivity index (χ0n) is 16.7. The largest absolute Gasteiger partial charge is 0.478 e. The monoisotopic (exact) mass is 408 g/mol. The molecule has 0 saturated heterocycles. The highest BCUT2D eigenvalue weighted by atomic mass is 16.5. The highest BCUT2D eigenvalue weighted by Crippen LogP contribution is 2.24. The highest BCUT2D eigenvalue weighted by Gasteiger charge is 2.23. The third-order valence-corrected chi connectivity index (χ3v) is 4.41. The quantitative estimate of drug-likeness (QED) is 0.601. The number of aromatic nitrogens is 3. The van der Waals surface area contributed by atoms with E-state index in [9.17, 15) is 19.5 Å². The lowest BCUT2D eigenvalue weighted by atomic mass is 10.1. The Balaban J connectivity index is 2.01. The van der Waals surface area contributed by atoms with Gasteiger partial charge in [0.05, 0.1) is 34.8 Å². The number of carbonyl (C=O) groups excluding carboxylic acids is 2. The fourth-order valence-corrected chi connectivity index (χ4v) is 3.07. The summed E-state index contributed by atoms with van der Waals surface area (Å²) in [5.41, 5.74) is 1.51. The summed E-state index contributed by atoms with van der Waals surface area (Å²) in [7, 11) is 0. The molecule has 1 amide bonds. The van der Waals surface area contributed by atoms with Gasteiger partial charge < -0.3 is 15.2 Å². The summed E-state index contributed by atoms with van der Waals surface area (Å²) in [6.07, 6.45) is 1.52. The Labute approximate surface area is 172 Å². The summed E-state index contributed by atoms with van der Waals surface area (Å²) in [5.74, 6) is -2.01. The van der Waals surface area contributed by atoms with E-state index < -0.39 is 17.8 Å². The lowest BCUT2D eigenvalue weighted by molar-refractivity contribution is 0.0524. The van der Waals surface area contributed by atoms with Gasteiger partial charge in [0.15, 0.2) is 5.82 Å². The van der Waals surface area contributed by atoms with Crippen molar-refractivity contribution in [2.45, 2.75) is 20.8 Å². The molecule has 0 aliphatic heterocycles. The van der Waals surface area contributed by atoms with E-state index in [4.69, 9.17) is 4.74 Å². The number of aryl methyl sites for hydroxylation is 1. The van der Waals surface area contributed by atoms with Crippen LogP contribution in [0.2, 0.25) is 0 Å². The van der Waals surface area contributed by atoms with Gasteiger partial charge in [-0.2, -0.15) is 5.10 Å². The molecular weight excluding hydrogens is 388 g/mol. The molecule has 0 bridgehead atoms. The Hall–Kier alpha value is -4.01. The molecule has 0 aliphatic rings. The first-order valence-corrected chi connectivity index (χ1v) is 9.17. The predicted molar refractivity (Wildman–Crippen MR) is 108 cm³/mol. The molecule has 154 valence electrons. The molecule has 0 fully saturated rings. The number of nitrogens with one attached hydrogen (secondary N) is 1. The predicted octanol–water partition coefficient (Wildman–Crippen LogP) is 3.01. The Kier molecular flexibility index (Phi) is 5.91. The van der Waals surface area contributed by atoms with Gasteiger partial charge in [-0.1, -0.05) is 12.1 Å². The first kappa shape index (κ1) is 20.7. The molecule has 2 N–H and O–H groups in total. The number of nitrogens with zero attached hydrogens (tertiary/aromatic N) is 3. The summed E-state index contributed by atoms with van der Waals surface area (Å²) in [6, 6.07) is 9.15. The van der Waals surface area contributed by atoms with Gasteiger partial charge in [-0.25, -0.2) is 19.3 Å². The van der Waals surface area contributed by atoms with Gasteiger partial charge in [0, 0.05) is 6.20 Å². The third kappa shape index (κ3) is 3.90. The number of anilines is 1. The number of carboxylic acids is 1. The number of ether oxygens (including phenoxy) is 1. The van der Waals surface area contributed by atoms with Crippen LogP contribution in [0.25, 0.3) is 5.82 Å². The molecule has 2 heterocycles. The normalized spacial score (nSPS) is 10.5. The van der Waals surface area contributed by atoms with Crippen LogP contribution in [0.15, 0.2) is 42.6 Å². The molecule has 3 aromatic rings. The Morgan fingerprint density at radius 2 is 1.80 bits per heavy atom. The lowest BCUT2D eigenvalue weighted by Crippen LogP contribution is -2.18. The van der Waals surface area contributed by atoms with Crippen LogP contribution in [0.3, 0.4) is 0 Å². The zero-order chi connectivity index (χ0) is 21.8. The summed E-state index contributed by atoms with van der Waals surface area (Å²) in [5, 5.41) is 16.4. The van der Waals surface area contributed by atoms with Crippen molar-refractivity contribution < 1.29 is 24.2 Å². The summed E-state index contributed by atoms with van der Waals surface area (Å²) < 4.78 is 6.53. The Morgan fingerprint density at radius 3 is 2.47 bits per heavy atom. The molecule has 1 aromatic carbocycles. The van der Waals surface area contributed by atoms with E-state index in [2.05, 4.69) is 15.4 Å². The highest BCUT2D eigenvalue weighted by molar-refractivity contribution is 6.11. The van der Waals surface area contributed by atoms with Crippen molar-refractivity contribution >= 4 is 23.5 Å². The SMILES string of the molecule is CCOC(=O)c1c(C)nn(-c2ncccc2NC(=O)c2ccccc2C(=O)O)c1C. The van der Waals surface area contributed by atoms with E-state index in [1.54, 1.807) is 45.0 Å². The fraction of sp³-hybridized carbons (Fsp3) is 0.190. The van der Waals surface area contributed by atoms with Crippen LogP contribution in [0.5, 0.6) is 0 Å².